The summed E-state index contributed by atoms with van der Waals surface area (Å²) in [6.45, 7) is 7.27. The van der Waals surface area contributed by atoms with Crippen LogP contribution in [0.25, 0.3) is 0 Å². The second kappa shape index (κ2) is 7.34. The lowest BCUT2D eigenvalue weighted by Crippen LogP contribution is -2.35. The fourth-order valence-electron chi connectivity index (χ4n) is 3.99. The van der Waals surface area contributed by atoms with Crippen LogP contribution in [-0.4, -0.2) is 42.6 Å². The molecule has 1 fully saturated rings. The lowest BCUT2D eigenvalue weighted by molar-refractivity contribution is 0.0590. The molecule has 26 heavy (non-hydrogen) atoms. The highest BCUT2D eigenvalue weighted by Crippen LogP contribution is 2.33. The van der Waals surface area contributed by atoms with Crippen molar-refractivity contribution < 1.29 is 5.11 Å². The van der Waals surface area contributed by atoms with Crippen molar-refractivity contribution in [2.24, 2.45) is 5.92 Å². The van der Waals surface area contributed by atoms with Crippen molar-refractivity contribution in [1.29, 1.82) is 0 Å². The van der Waals surface area contributed by atoms with E-state index in [1.54, 1.807) is 24.0 Å². The van der Waals surface area contributed by atoms with Crippen molar-refractivity contribution >= 4 is 11.3 Å². The molecule has 0 aliphatic carbocycles. The van der Waals surface area contributed by atoms with Crippen molar-refractivity contribution in [2.45, 2.75) is 39.3 Å². The molecule has 3 aromatic heterocycles. The maximum absolute atomic E-state index is 10.6. The molecule has 0 radical (unpaired) electrons. The van der Waals surface area contributed by atoms with Gasteiger partial charge in [-0.05, 0) is 68.8 Å². The van der Waals surface area contributed by atoms with Gasteiger partial charge in [0.25, 0.3) is 0 Å². The minimum atomic E-state index is -0.309. The predicted octanol–water partition coefficient (Wildman–Crippen LogP) is 3.01. The molecule has 138 valence electrons. The number of aliphatic hydroxyl groups is 1. The smallest absolute Gasteiger partial charge is 0.139 e. The van der Waals surface area contributed by atoms with Crippen molar-refractivity contribution in [1.82, 2.24) is 24.4 Å². The van der Waals surface area contributed by atoms with Crippen LogP contribution in [0.3, 0.4) is 0 Å². The number of hydrogen-bond donors (Lipinski definition) is 1. The van der Waals surface area contributed by atoms with Gasteiger partial charge in [0, 0.05) is 22.8 Å². The number of nitrogens with zero attached hydrogens (tertiary/aromatic N) is 5. The van der Waals surface area contributed by atoms with Gasteiger partial charge < -0.3 is 5.11 Å². The second-order valence-corrected chi connectivity index (χ2v) is 8.10. The van der Waals surface area contributed by atoms with E-state index < -0.39 is 0 Å². The van der Waals surface area contributed by atoms with Gasteiger partial charge in [-0.2, -0.15) is 0 Å². The summed E-state index contributed by atoms with van der Waals surface area (Å²) in [6.07, 6.45) is 5.23. The van der Waals surface area contributed by atoms with Gasteiger partial charge in [0.2, 0.25) is 0 Å². The molecule has 0 spiro atoms. The first-order valence-electron chi connectivity index (χ1n) is 9.10. The Balaban J connectivity index is 1.40. The van der Waals surface area contributed by atoms with Crippen LogP contribution >= 0.6 is 11.3 Å². The van der Waals surface area contributed by atoms with E-state index in [0.29, 0.717) is 5.92 Å². The van der Waals surface area contributed by atoms with E-state index in [1.807, 2.05) is 22.2 Å². The first-order valence-corrected chi connectivity index (χ1v) is 9.98. The lowest BCUT2D eigenvalue weighted by atomic mass is 9.90. The summed E-state index contributed by atoms with van der Waals surface area (Å²) in [5.41, 5.74) is 3.75. The fraction of sp³-hybridized carbons (Fsp3) is 0.474. The van der Waals surface area contributed by atoms with Crippen molar-refractivity contribution in [2.75, 3.05) is 13.1 Å². The van der Waals surface area contributed by atoms with Gasteiger partial charge in [-0.3, -0.25) is 9.58 Å². The van der Waals surface area contributed by atoms with Crippen LogP contribution in [-0.2, 0) is 6.54 Å². The molecule has 1 N–H and O–H groups in total. The fourth-order valence-corrected chi connectivity index (χ4v) is 4.80. The zero-order valence-electron chi connectivity index (χ0n) is 15.2. The number of likely N-dealkylation sites (tertiary alicyclic amines) is 1. The summed E-state index contributed by atoms with van der Waals surface area (Å²) in [7, 11) is 0. The summed E-state index contributed by atoms with van der Waals surface area (Å²) >= 11 is 1.65. The molecule has 6 nitrogen and oxygen atoms in total. The zero-order chi connectivity index (χ0) is 18.1. The summed E-state index contributed by atoms with van der Waals surface area (Å²) in [5.74, 6) is 0.370. The molecule has 3 aromatic rings. The van der Waals surface area contributed by atoms with Crippen molar-refractivity contribution in [3.05, 3.63) is 58.1 Å². The van der Waals surface area contributed by atoms with Gasteiger partial charge in [0.1, 0.15) is 12.7 Å². The van der Waals surface area contributed by atoms with Gasteiger partial charge in [0.15, 0.2) is 0 Å². The Hall–Kier alpha value is -1.96. The van der Waals surface area contributed by atoms with Crippen molar-refractivity contribution in [3.63, 3.8) is 0 Å². The highest BCUT2D eigenvalue weighted by Gasteiger charge is 2.27. The van der Waals surface area contributed by atoms with Gasteiger partial charge in [0.05, 0.1) is 6.10 Å². The first kappa shape index (κ1) is 17.5. The summed E-state index contributed by atoms with van der Waals surface area (Å²) in [4.78, 5) is 3.59. The molecular weight excluding hydrogens is 346 g/mol. The Labute approximate surface area is 157 Å². The van der Waals surface area contributed by atoms with Crippen LogP contribution in [0.1, 0.15) is 40.8 Å². The molecule has 0 unspecified atom stereocenters. The third-order valence-corrected chi connectivity index (χ3v) is 6.39. The average molecular weight is 372 g/mol. The van der Waals surface area contributed by atoms with Gasteiger partial charge >= 0.3 is 0 Å². The number of aromatic nitrogens is 4. The topological polar surface area (TPSA) is 59.1 Å². The third kappa shape index (κ3) is 3.34. The molecule has 7 heteroatoms. The van der Waals surface area contributed by atoms with Crippen molar-refractivity contribution in [3.8, 4) is 0 Å². The number of rotatable bonds is 5. The monoisotopic (exact) mass is 371 g/mol. The maximum Gasteiger partial charge on any atom is 0.139 e. The molecule has 1 saturated heterocycles. The molecule has 0 aromatic carbocycles. The molecule has 4 heterocycles. The summed E-state index contributed by atoms with van der Waals surface area (Å²) in [5, 5.41) is 20.4. The van der Waals surface area contributed by atoms with E-state index in [0.717, 1.165) is 37.4 Å². The summed E-state index contributed by atoms with van der Waals surface area (Å²) < 4.78 is 4.06. The van der Waals surface area contributed by atoms with Crippen LogP contribution < -0.4 is 0 Å². The molecule has 1 aliphatic heterocycles. The Kier molecular flexibility index (Phi) is 4.93. The van der Waals surface area contributed by atoms with Crippen LogP contribution in [0.2, 0.25) is 0 Å². The predicted molar refractivity (Wildman–Crippen MR) is 102 cm³/mol. The Morgan fingerprint density at radius 2 is 1.96 bits per heavy atom. The van der Waals surface area contributed by atoms with Gasteiger partial charge in [-0.25, -0.2) is 4.68 Å². The quantitative estimate of drug-likeness (QED) is 0.749. The van der Waals surface area contributed by atoms with E-state index >= 15 is 0 Å². The zero-order valence-corrected chi connectivity index (χ0v) is 16.1. The Bertz CT molecular complexity index is 832. The van der Waals surface area contributed by atoms with Gasteiger partial charge in [-0.1, -0.05) is 6.07 Å². The molecule has 4 rings (SSSR count). The van der Waals surface area contributed by atoms with Crippen LogP contribution in [0.5, 0.6) is 0 Å². The van der Waals surface area contributed by atoms with E-state index in [4.69, 9.17) is 0 Å². The first-order chi connectivity index (χ1) is 12.6. The molecule has 1 aliphatic rings. The van der Waals surface area contributed by atoms with Crippen LogP contribution in [0.15, 0.2) is 36.2 Å². The molecular formula is C19H25N5OS. The number of aryl methyl sites for hydroxylation is 1. The minimum absolute atomic E-state index is 0.309. The van der Waals surface area contributed by atoms with E-state index in [1.165, 1.54) is 17.0 Å². The third-order valence-electron chi connectivity index (χ3n) is 5.44. The molecule has 0 bridgehead atoms. The number of thiophene rings is 1. The van der Waals surface area contributed by atoms with Crippen LogP contribution in [0.4, 0.5) is 0 Å². The Morgan fingerprint density at radius 3 is 2.62 bits per heavy atom. The minimum Gasteiger partial charge on any atom is -0.387 e. The highest BCUT2D eigenvalue weighted by molar-refractivity contribution is 7.10. The van der Waals surface area contributed by atoms with E-state index in [9.17, 15) is 5.11 Å². The number of hydrogen-bond acceptors (Lipinski definition) is 5. The standard InChI is InChI=1S/C19H25N5OS/c1-14-10-17(15(2)24(14)23-12-20-21-13-23)11-22-7-5-16(6-8-22)19(25)18-4-3-9-26-18/h3-4,9-10,12-13,16,19,25H,5-8,11H2,1-2H3/t19-/m0/s1. The molecule has 1 atom stereocenters. The molecule has 0 amide bonds. The SMILES string of the molecule is Cc1cc(CN2CCC([C@H](O)c3cccs3)CC2)c(C)n1-n1cnnc1. The largest absolute Gasteiger partial charge is 0.387 e. The average Bonchev–Trinajstić information content (AvgIpc) is 3.38. The number of piperidine rings is 1. The second-order valence-electron chi connectivity index (χ2n) is 7.12. The number of aliphatic hydroxyl groups excluding tert-OH is 1. The highest BCUT2D eigenvalue weighted by atomic mass is 32.1. The summed E-state index contributed by atoms with van der Waals surface area (Å²) in [6, 6.07) is 6.31. The Morgan fingerprint density at radius 1 is 1.23 bits per heavy atom. The maximum atomic E-state index is 10.6. The van der Waals surface area contributed by atoms with Gasteiger partial charge in [-0.15, -0.1) is 21.5 Å². The van der Waals surface area contributed by atoms with E-state index in [-0.39, 0.29) is 6.10 Å². The van der Waals surface area contributed by atoms with E-state index in [2.05, 4.69) is 39.7 Å². The normalized spacial score (nSPS) is 17.7. The lowest BCUT2D eigenvalue weighted by Gasteiger charge is -2.34. The molecule has 0 saturated carbocycles. The van der Waals surface area contributed by atoms with Crippen LogP contribution in [0, 0.1) is 19.8 Å².